The number of carboxylic acids is 2. The minimum absolute atomic E-state index is 0.123. The van der Waals surface area contributed by atoms with Crippen LogP contribution in [-0.2, 0) is 22.4 Å². The van der Waals surface area contributed by atoms with E-state index in [-0.39, 0.29) is 23.7 Å². The van der Waals surface area contributed by atoms with E-state index >= 15 is 0 Å². The molecule has 3 aromatic rings. The predicted molar refractivity (Wildman–Crippen MR) is 360 cm³/mol. The van der Waals surface area contributed by atoms with E-state index < -0.39 is 28.6 Å². The summed E-state index contributed by atoms with van der Waals surface area (Å²) in [5.74, 6) is 8.28. The van der Waals surface area contributed by atoms with Crippen molar-refractivity contribution in [1.29, 1.82) is 0 Å². The quantitative estimate of drug-likeness (QED) is 0.0672. The Morgan fingerprint density at radius 2 is 0.867 bits per heavy atom. The first-order valence-electron chi connectivity index (χ1n) is 33.5. The first-order valence-corrected chi connectivity index (χ1v) is 33.5. The average Bonchev–Trinajstić information content (AvgIpc) is 4.21. The van der Waals surface area contributed by atoms with Gasteiger partial charge in [0.15, 0.2) is 0 Å². The molecule has 0 amide bonds. The summed E-state index contributed by atoms with van der Waals surface area (Å²) in [5, 5.41) is 40.1. The second-order valence-corrected chi connectivity index (χ2v) is 30.2. The van der Waals surface area contributed by atoms with Crippen molar-refractivity contribution >= 4 is 11.9 Å². The molecule has 0 heterocycles. The van der Waals surface area contributed by atoms with E-state index in [0.717, 1.165) is 79.1 Å². The molecule has 2 saturated carbocycles. The van der Waals surface area contributed by atoms with E-state index in [1.165, 1.54) is 56.1 Å². The molecule has 2 fully saturated rings. The molecule has 4 N–H and O–H groups in total. The van der Waals surface area contributed by atoms with Gasteiger partial charge in [0.25, 0.3) is 0 Å². The van der Waals surface area contributed by atoms with Crippen molar-refractivity contribution in [2.75, 3.05) is 0 Å². The van der Waals surface area contributed by atoms with Gasteiger partial charge in [-0.3, -0.25) is 9.59 Å². The number of benzene rings is 3. The standard InChI is InChI=1S/C16H24O2.C15H24O.C14H28O.C14H22.C9H18O2.C9H18/c1-12(2)10-16(13(3)4,15(17)18)11-14-8-6-5-7-9-14;1-12(2)10-15(16,13(3)4)11-14-8-6-5-7-9-14;1-11(2)10-14(15,12(3)4)13-8-6-5-7-9-13;1-11(2)10-14(12(3)4)13-8-6-5-7-9-13;1-6(2)5-8(7(3)4)9(10)11;1-6(2)8-5-9(8)7(3)4/h5-9,12-13H,10-11H2,1-4H3,(H,17,18);5-9,12-13,16H,10-11H2,1-4H3;11-13,15H,5-10H2,1-4H3;5-9,11-12,14H,10H2,1-4H3;6-8H,5H2,1-4H3,(H,10,11);6-9H,5H2,1-4H3. The van der Waals surface area contributed by atoms with Crippen LogP contribution in [0.25, 0.3) is 0 Å². The van der Waals surface area contributed by atoms with Crippen LogP contribution in [-0.4, -0.2) is 43.6 Å². The van der Waals surface area contributed by atoms with Crippen molar-refractivity contribution in [3.63, 3.8) is 0 Å². The van der Waals surface area contributed by atoms with Crippen molar-refractivity contribution in [2.45, 2.75) is 267 Å². The smallest absolute Gasteiger partial charge is 0.310 e. The molecular formula is C77H134O6. The van der Waals surface area contributed by atoms with Crippen LogP contribution in [0.3, 0.4) is 0 Å². The minimum atomic E-state index is -0.671. The number of carbonyl (C=O) groups is 2. The lowest BCUT2D eigenvalue weighted by Gasteiger charge is -2.43. The van der Waals surface area contributed by atoms with Gasteiger partial charge in [-0.25, -0.2) is 0 Å². The van der Waals surface area contributed by atoms with E-state index in [0.29, 0.717) is 41.9 Å². The minimum Gasteiger partial charge on any atom is -0.481 e. The predicted octanol–water partition coefficient (Wildman–Crippen LogP) is 21.5. The van der Waals surface area contributed by atoms with Crippen molar-refractivity contribution in [1.82, 2.24) is 0 Å². The zero-order valence-electron chi connectivity index (χ0n) is 58.3. The fraction of sp³-hybridized carbons (Fsp3) is 0.740. The highest BCUT2D eigenvalue weighted by Crippen LogP contribution is 2.48. The molecule has 5 rings (SSSR count). The number of aliphatic carboxylic acids is 2. The van der Waals surface area contributed by atoms with Crippen LogP contribution in [0, 0.1) is 100 Å². The van der Waals surface area contributed by atoms with Crippen LogP contribution in [0.5, 0.6) is 0 Å². The van der Waals surface area contributed by atoms with E-state index in [1.807, 2.05) is 76.2 Å². The molecule has 6 nitrogen and oxygen atoms in total. The third kappa shape index (κ3) is 31.1. The summed E-state index contributed by atoms with van der Waals surface area (Å²) >= 11 is 0. The summed E-state index contributed by atoms with van der Waals surface area (Å²) in [7, 11) is 0. The fourth-order valence-corrected chi connectivity index (χ4v) is 12.8. The molecule has 3 aromatic carbocycles. The summed E-state index contributed by atoms with van der Waals surface area (Å²) < 4.78 is 0. The molecule has 2 aliphatic rings. The normalized spacial score (nSPS) is 18.2. The number of hydrogen-bond donors (Lipinski definition) is 4. The summed E-state index contributed by atoms with van der Waals surface area (Å²) in [4.78, 5) is 22.5. The Hall–Kier alpha value is -3.48. The maximum absolute atomic E-state index is 11.8. The SMILES string of the molecule is CC(C)C1CC1C(C)C.CC(C)CC(C(=O)O)C(C)C.CC(C)CC(Cc1ccccc1)(C(=O)O)C(C)C.CC(C)CC(O)(C(C)C)C1CCCCC1.CC(C)CC(O)(Cc1ccccc1)C(C)C.CC(C)CC(c1ccccc1)C(C)C. The van der Waals surface area contributed by atoms with Crippen LogP contribution >= 0.6 is 0 Å². The Morgan fingerprint density at radius 1 is 0.458 bits per heavy atom. The molecule has 0 spiro atoms. The molecule has 2 aliphatic carbocycles. The highest BCUT2D eigenvalue weighted by molar-refractivity contribution is 5.75. The van der Waals surface area contributed by atoms with E-state index in [9.17, 15) is 24.9 Å². The number of carboxylic acid groups (broad SMARTS) is 2. The zero-order chi connectivity index (χ0) is 64.0. The lowest BCUT2D eigenvalue weighted by Crippen LogP contribution is -2.45. The molecule has 0 bridgehead atoms. The zero-order valence-corrected chi connectivity index (χ0v) is 58.3. The number of rotatable bonds is 25. The van der Waals surface area contributed by atoms with Crippen molar-refractivity contribution < 1.29 is 30.0 Å². The molecule has 6 heteroatoms. The van der Waals surface area contributed by atoms with Crippen molar-refractivity contribution in [3.8, 4) is 0 Å². The van der Waals surface area contributed by atoms with Crippen molar-refractivity contribution in [2.24, 2.45) is 100 Å². The van der Waals surface area contributed by atoms with Gasteiger partial charge in [0, 0.05) is 6.42 Å². The molecule has 7 atom stereocenters. The summed E-state index contributed by atoms with van der Waals surface area (Å²) in [6.07, 6.45) is 14.0. The van der Waals surface area contributed by atoms with Gasteiger partial charge in [-0.05, 0) is 169 Å². The largest absolute Gasteiger partial charge is 0.481 e. The topological polar surface area (TPSA) is 115 Å². The van der Waals surface area contributed by atoms with Gasteiger partial charge in [0.05, 0.1) is 22.5 Å². The first kappa shape index (κ1) is 79.5. The van der Waals surface area contributed by atoms with Crippen LogP contribution in [0.15, 0.2) is 91.0 Å². The van der Waals surface area contributed by atoms with E-state index in [2.05, 4.69) is 181 Å². The molecule has 478 valence electrons. The van der Waals surface area contributed by atoms with E-state index in [4.69, 9.17) is 5.11 Å². The lowest BCUT2D eigenvalue weighted by molar-refractivity contribution is -0.153. The highest BCUT2D eigenvalue weighted by atomic mass is 16.4. The second kappa shape index (κ2) is 40.1. The Balaban J connectivity index is 0.000000984. The Bertz CT molecular complexity index is 2070. The Kier molecular flexibility index (Phi) is 38.4. The van der Waals surface area contributed by atoms with Gasteiger partial charge in [-0.2, -0.15) is 0 Å². The molecule has 0 saturated heterocycles. The van der Waals surface area contributed by atoms with Gasteiger partial charge in [0.1, 0.15) is 0 Å². The maximum Gasteiger partial charge on any atom is 0.310 e. The number of aliphatic hydroxyl groups is 2. The van der Waals surface area contributed by atoms with Gasteiger partial charge < -0.3 is 20.4 Å². The van der Waals surface area contributed by atoms with Gasteiger partial charge in [-0.15, -0.1) is 0 Å². The maximum atomic E-state index is 11.8. The fourth-order valence-electron chi connectivity index (χ4n) is 12.8. The molecule has 0 radical (unpaired) electrons. The Labute approximate surface area is 514 Å². The highest BCUT2D eigenvalue weighted by Gasteiger charge is 2.43. The second-order valence-electron chi connectivity index (χ2n) is 30.2. The molecular weight excluding hydrogens is 1020 g/mol. The van der Waals surface area contributed by atoms with Gasteiger partial charge in [-0.1, -0.05) is 276 Å². The molecule has 0 aliphatic heterocycles. The third-order valence-electron chi connectivity index (χ3n) is 18.1. The first-order chi connectivity index (χ1) is 38.5. The summed E-state index contributed by atoms with van der Waals surface area (Å²) in [6.45, 7) is 52.2. The lowest BCUT2D eigenvalue weighted by atomic mass is 9.68. The van der Waals surface area contributed by atoms with Crippen LogP contribution in [0.2, 0.25) is 0 Å². The third-order valence-corrected chi connectivity index (χ3v) is 18.1. The van der Waals surface area contributed by atoms with E-state index in [1.54, 1.807) is 0 Å². The van der Waals surface area contributed by atoms with Crippen LogP contribution in [0.1, 0.15) is 259 Å². The van der Waals surface area contributed by atoms with Crippen LogP contribution in [0.4, 0.5) is 0 Å². The van der Waals surface area contributed by atoms with Gasteiger partial charge >= 0.3 is 11.9 Å². The monoisotopic (exact) mass is 1160 g/mol. The summed E-state index contributed by atoms with van der Waals surface area (Å²) in [6, 6.07) is 31.1. The van der Waals surface area contributed by atoms with Gasteiger partial charge in [0.2, 0.25) is 0 Å². The summed E-state index contributed by atoms with van der Waals surface area (Å²) in [5.41, 5.74) is 2.18. The van der Waals surface area contributed by atoms with Crippen LogP contribution < -0.4 is 0 Å². The molecule has 83 heavy (non-hydrogen) atoms. The Morgan fingerprint density at radius 3 is 1.16 bits per heavy atom. The van der Waals surface area contributed by atoms with Crippen molar-refractivity contribution in [3.05, 3.63) is 108 Å². The average molecular weight is 1160 g/mol. The molecule has 7 unspecified atom stereocenters. The number of hydrogen-bond acceptors (Lipinski definition) is 4. The molecule has 0 aromatic heterocycles.